The van der Waals surface area contributed by atoms with Gasteiger partial charge in [0.1, 0.15) is 5.25 Å². The molecule has 0 N–H and O–H groups in total. The minimum absolute atomic E-state index is 0.0494. The zero-order valence-electron chi connectivity index (χ0n) is 9.56. The van der Waals surface area contributed by atoms with Crippen LogP contribution in [0.25, 0.3) is 0 Å². The fourth-order valence-electron chi connectivity index (χ4n) is 1.94. The second kappa shape index (κ2) is 4.72. The third-order valence-corrected chi connectivity index (χ3v) is 5.31. The quantitative estimate of drug-likeness (QED) is 0.788. The fraction of sp³-hybridized carbons (Fsp3) is 0.364. The molecule has 0 radical (unpaired) electrons. The molecule has 4 nitrogen and oxygen atoms in total. The van der Waals surface area contributed by atoms with Crippen molar-refractivity contribution in [2.45, 2.75) is 18.6 Å². The third-order valence-electron chi connectivity index (χ3n) is 2.95. The summed E-state index contributed by atoms with van der Waals surface area (Å²) in [6.07, 6.45) is -0.101. The lowest BCUT2D eigenvalue weighted by Gasteiger charge is -2.18. The fourth-order valence-corrected chi connectivity index (χ4v) is 3.19. The van der Waals surface area contributed by atoms with Gasteiger partial charge in [0, 0.05) is 23.6 Å². The molecule has 1 amide bonds. The average Bonchev–Trinajstić information content (AvgIpc) is 2.64. The number of amides is 1. The minimum Gasteiger partial charge on any atom is -0.310 e. The molecule has 0 aromatic heterocycles. The molecular formula is C11H11Cl2NO3S. The highest BCUT2D eigenvalue weighted by Gasteiger charge is 2.38. The van der Waals surface area contributed by atoms with Gasteiger partial charge in [-0.05, 0) is 18.6 Å². The molecule has 1 aliphatic rings. The van der Waals surface area contributed by atoms with Gasteiger partial charge in [-0.1, -0.05) is 23.7 Å². The molecule has 1 atom stereocenters. The molecule has 18 heavy (non-hydrogen) atoms. The van der Waals surface area contributed by atoms with Crippen molar-refractivity contribution in [2.24, 2.45) is 0 Å². The lowest BCUT2D eigenvalue weighted by molar-refractivity contribution is -0.117. The standard InChI is InChI=1S/C11H11Cl2NO3S/c1-7-3-2-4-9(11(7)12)14-6-8(5-10(14)15)18(13,16)17/h2-4,8H,5-6H2,1H3. The number of carbonyl (C=O) groups excluding carboxylic acids is 1. The largest absolute Gasteiger partial charge is 0.310 e. The van der Waals surface area contributed by atoms with E-state index in [1.807, 2.05) is 13.0 Å². The van der Waals surface area contributed by atoms with Crippen LogP contribution in [0, 0.1) is 6.92 Å². The van der Waals surface area contributed by atoms with Crippen LogP contribution in [0.3, 0.4) is 0 Å². The predicted octanol–water partition coefficient (Wildman–Crippen LogP) is 2.32. The molecule has 1 heterocycles. The van der Waals surface area contributed by atoms with Gasteiger partial charge in [0.2, 0.25) is 15.0 Å². The smallest absolute Gasteiger partial charge is 0.237 e. The van der Waals surface area contributed by atoms with Crippen molar-refractivity contribution < 1.29 is 13.2 Å². The van der Waals surface area contributed by atoms with Gasteiger partial charge in [0.25, 0.3) is 0 Å². The van der Waals surface area contributed by atoms with Crippen LogP contribution in [0.4, 0.5) is 5.69 Å². The number of hydrogen-bond donors (Lipinski definition) is 0. The van der Waals surface area contributed by atoms with E-state index < -0.39 is 14.3 Å². The summed E-state index contributed by atoms with van der Waals surface area (Å²) in [6.45, 7) is 1.87. The average molecular weight is 308 g/mol. The Bertz CT molecular complexity index is 600. The molecule has 0 spiro atoms. The highest BCUT2D eigenvalue weighted by molar-refractivity contribution is 8.14. The second-order valence-corrected chi connectivity index (χ2v) is 7.50. The normalized spacial score (nSPS) is 20.5. The van der Waals surface area contributed by atoms with Crippen LogP contribution in [0.1, 0.15) is 12.0 Å². The number of aryl methyl sites for hydroxylation is 1. The first kappa shape index (κ1) is 13.6. The van der Waals surface area contributed by atoms with Crippen LogP contribution in [0.2, 0.25) is 5.02 Å². The summed E-state index contributed by atoms with van der Waals surface area (Å²) >= 11 is 6.12. The van der Waals surface area contributed by atoms with Gasteiger partial charge in [-0.3, -0.25) is 4.79 Å². The first-order chi connectivity index (χ1) is 8.30. The maximum atomic E-state index is 11.8. The van der Waals surface area contributed by atoms with Crippen molar-refractivity contribution in [3.8, 4) is 0 Å². The number of hydrogen-bond acceptors (Lipinski definition) is 3. The lowest BCUT2D eigenvalue weighted by atomic mass is 10.2. The molecule has 0 bridgehead atoms. The highest BCUT2D eigenvalue weighted by Crippen LogP contribution is 2.33. The second-order valence-electron chi connectivity index (χ2n) is 4.21. The van der Waals surface area contributed by atoms with Gasteiger partial charge in [0.05, 0.1) is 10.7 Å². The molecule has 1 fully saturated rings. The monoisotopic (exact) mass is 307 g/mol. The summed E-state index contributed by atoms with van der Waals surface area (Å²) in [5.41, 5.74) is 1.36. The summed E-state index contributed by atoms with van der Waals surface area (Å²) in [6, 6.07) is 5.28. The molecular weight excluding hydrogens is 297 g/mol. The number of rotatable bonds is 2. The Morgan fingerprint density at radius 2 is 2.06 bits per heavy atom. The molecule has 7 heteroatoms. The van der Waals surface area contributed by atoms with Crippen LogP contribution < -0.4 is 4.90 Å². The minimum atomic E-state index is -3.73. The van der Waals surface area contributed by atoms with Crippen molar-refractivity contribution >= 4 is 42.9 Å². The maximum absolute atomic E-state index is 11.8. The zero-order valence-corrected chi connectivity index (χ0v) is 11.9. The van der Waals surface area contributed by atoms with Crippen molar-refractivity contribution in [3.63, 3.8) is 0 Å². The third kappa shape index (κ3) is 2.48. The molecule has 0 saturated carbocycles. The summed E-state index contributed by atoms with van der Waals surface area (Å²) < 4.78 is 22.5. The van der Waals surface area contributed by atoms with Gasteiger partial charge in [0.15, 0.2) is 0 Å². The zero-order chi connectivity index (χ0) is 13.5. The van der Waals surface area contributed by atoms with Crippen LogP contribution in [-0.2, 0) is 13.8 Å². The molecule has 1 aromatic carbocycles. The Labute approximate surface area is 115 Å². The summed E-state index contributed by atoms with van der Waals surface area (Å²) in [4.78, 5) is 13.2. The van der Waals surface area contributed by atoms with E-state index in [1.54, 1.807) is 12.1 Å². The van der Waals surface area contributed by atoms with E-state index in [2.05, 4.69) is 0 Å². The Kier molecular flexibility index (Phi) is 3.58. The first-order valence-electron chi connectivity index (χ1n) is 5.29. The number of anilines is 1. The van der Waals surface area contributed by atoms with Crippen molar-refractivity contribution in [2.75, 3.05) is 11.4 Å². The van der Waals surface area contributed by atoms with Crippen molar-refractivity contribution in [1.82, 2.24) is 0 Å². The van der Waals surface area contributed by atoms with Crippen LogP contribution in [0.5, 0.6) is 0 Å². The van der Waals surface area contributed by atoms with Gasteiger partial charge >= 0.3 is 0 Å². The highest BCUT2D eigenvalue weighted by atomic mass is 35.7. The van der Waals surface area contributed by atoms with E-state index in [9.17, 15) is 13.2 Å². The topological polar surface area (TPSA) is 54.5 Å². The maximum Gasteiger partial charge on any atom is 0.237 e. The van der Waals surface area contributed by atoms with Crippen LogP contribution >= 0.6 is 22.3 Å². The van der Waals surface area contributed by atoms with E-state index >= 15 is 0 Å². The van der Waals surface area contributed by atoms with Crippen molar-refractivity contribution in [1.29, 1.82) is 0 Å². The molecule has 0 aliphatic carbocycles. The number of nitrogens with zero attached hydrogens (tertiary/aromatic N) is 1. The number of halogens is 2. The molecule has 98 valence electrons. The summed E-state index contributed by atoms with van der Waals surface area (Å²) in [5, 5.41) is -0.415. The molecule has 1 aromatic rings. The van der Waals surface area contributed by atoms with Gasteiger partial charge in [-0.2, -0.15) is 0 Å². The van der Waals surface area contributed by atoms with Gasteiger partial charge < -0.3 is 4.90 Å². The number of benzene rings is 1. The Morgan fingerprint density at radius 1 is 1.39 bits per heavy atom. The van der Waals surface area contributed by atoms with Crippen LogP contribution in [-0.4, -0.2) is 26.1 Å². The Morgan fingerprint density at radius 3 is 2.61 bits per heavy atom. The van der Waals surface area contributed by atoms with Gasteiger partial charge in [-0.15, -0.1) is 0 Å². The first-order valence-corrected chi connectivity index (χ1v) is 8.04. The molecule has 2 rings (SSSR count). The molecule has 1 aliphatic heterocycles. The molecule has 1 unspecified atom stereocenters. The lowest BCUT2D eigenvalue weighted by Crippen LogP contribution is -2.27. The summed E-state index contributed by atoms with van der Waals surface area (Å²) in [5.74, 6) is -0.281. The van der Waals surface area contributed by atoms with E-state index in [4.69, 9.17) is 22.3 Å². The Balaban J connectivity index is 2.36. The van der Waals surface area contributed by atoms with Crippen LogP contribution in [0.15, 0.2) is 18.2 Å². The van der Waals surface area contributed by atoms with E-state index in [1.165, 1.54) is 4.90 Å². The van der Waals surface area contributed by atoms with E-state index in [0.29, 0.717) is 10.7 Å². The SMILES string of the molecule is Cc1cccc(N2CC(S(=O)(=O)Cl)CC2=O)c1Cl. The molecule has 1 saturated heterocycles. The van der Waals surface area contributed by atoms with Gasteiger partial charge in [-0.25, -0.2) is 8.42 Å². The Hall–Kier alpha value is -0.780. The number of carbonyl (C=O) groups is 1. The van der Waals surface area contributed by atoms with E-state index in [-0.39, 0.29) is 18.9 Å². The summed E-state index contributed by atoms with van der Waals surface area (Å²) in [7, 11) is 1.56. The van der Waals surface area contributed by atoms with Crippen molar-refractivity contribution in [3.05, 3.63) is 28.8 Å². The predicted molar refractivity (Wildman–Crippen MR) is 71.7 cm³/mol. The van der Waals surface area contributed by atoms with E-state index in [0.717, 1.165) is 5.56 Å².